The number of carbonyl (C=O) groups excluding carboxylic acids is 2. The molecule has 1 fully saturated rings. The zero-order valence-corrected chi connectivity index (χ0v) is 12.6. The van der Waals surface area contributed by atoms with Gasteiger partial charge in [-0.3, -0.25) is 24.6 Å². The maximum absolute atomic E-state index is 12.3. The Morgan fingerprint density at radius 3 is 2.35 bits per heavy atom. The second kappa shape index (κ2) is 6.35. The fraction of sp³-hybridized carbons (Fsp3) is 0.786. The highest BCUT2D eigenvalue weighted by atomic mass is 16.4. The fourth-order valence-corrected chi connectivity index (χ4v) is 2.56. The van der Waals surface area contributed by atoms with Crippen molar-refractivity contribution in [3.05, 3.63) is 0 Å². The number of carboxylic acid groups (broad SMARTS) is 1. The Kier molecular flexibility index (Phi) is 5.28. The summed E-state index contributed by atoms with van der Waals surface area (Å²) in [5, 5.41) is 12.3. The zero-order chi connectivity index (χ0) is 15.5. The summed E-state index contributed by atoms with van der Waals surface area (Å²) in [5.74, 6) is -1.52. The molecule has 114 valence electrons. The lowest BCUT2D eigenvalue weighted by molar-refractivity contribution is -0.146. The molecule has 0 bridgehead atoms. The molecule has 2 unspecified atom stereocenters. The number of imide groups is 1. The predicted molar refractivity (Wildman–Crippen MR) is 74.1 cm³/mol. The molecule has 1 aliphatic rings. The lowest BCUT2D eigenvalue weighted by Crippen LogP contribution is -2.57. The number of carbonyl (C=O) groups is 3. The monoisotopic (exact) mass is 284 g/mol. The quantitative estimate of drug-likeness (QED) is 0.685. The van der Waals surface area contributed by atoms with E-state index in [1.807, 2.05) is 13.8 Å². The molecule has 0 aromatic heterocycles. The van der Waals surface area contributed by atoms with E-state index in [2.05, 4.69) is 5.32 Å². The van der Waals surface area contributed by atoms with Gasteiger partial charge in [-0.05, 0) is 26.2 Å². The number of likely N-dealkylation sites (tertiary alicyclic amines) is 1. The second-order valence-electron chi connectivity index (χ2n) is 5.35. The minimum atomic E-state index is -1.15. The molecule has 0 radical (unpaired) electrons. The molecule has 0 aliphatic carbocycles. The van der Waals surface area contributed by atoms with Crippen molar-refractivity contribution >= 4 is 17.8 Å². The first-order valence-corrected chi connectivity index (χ1v) is 7.19. The minimum Gasteiger partial charge on any atom is -0.480 e. The topological polar surface area (TPSA) is 86.7 Å². The Hall–Kier alpha value is -1.43. The normalized spacial score (nSPS) is 21.4. The van der Waals surface area contributed by atoms with Gasteiger partial charge in [-0.25, -0.2) is 0 Å². The highest BCUT2D eigenvalue weighted by Crippen LogP contribution is 2.23. The summed E-state index contributed by atoms with van der Waals surface area (Å²) >= 11 is 0. The number of nitrogens with zero attached hydrogens (tertiary/aromatic N) is 1. The van der Waals surface area contributed by atoms with Gasteiger partial charge in [0.2, 0.25) is 11.8 Å². The molecule has 2 amide bonds. The molecule has 1 aliphatic heterocycles. The molecule has 2 N–H and O–H groups in total. The lowest BCUT2D eigenvalue weighted by atomic mass is 9.91. The van der Waals surface area contributed by atoms with Gasteiger partial charge in [0.25, 0.3) is 0 Å². The van der Waals surface area contributed by atoms with Crippen molar-refractivity contribution in [2.24, 2.45) is 0 Å². The van der Waals surface area contributed by atoms with E-state index in [0.29, 0.717) is 19.3 Å². The highest BCUT2D eigenvalue weighted by molar-refractivity contribution is 6.06. The van der Waals surface area contributed by atoms with E-state index in [0.717, 1.165) is 0 Å². The minimum absolute atomic E-state index is 0.0399. The summed E-state index contributed by atoms with van der Waals surface area (Å²) < 4.78 is 0. The Bertz CT molecular complexity index is 404. The van der Waals surface area contributed by atoms with Crippen molar-refractivity contribution in [3.8, 4) is 0 Å². The van der Waals surface area contributed by atoms with Gasteiger partial charge in [0, 0.05) is 6.04 Å². The third-order valence-electron chi connectivity index (χ3n) is 4.28. The van der Waals surface area contributed by atoms with E-state index in [4.69, 9.17) is 0 Å². The first-order chi connectivity index (χ1) is 9.32. The van der Waals surface area contributed by atoms with Crippen LogP contribution in [0.4, 0.5) is 0 Å². The third kappa shape index (κ3) is 2.85. The molecule has 6 heteroatoms. The summed E-state index contributed by atoms with van der Waals surface area (Å²) in [5.41, 5.74) is -1.15. The Labute approximate surface area is 119 Å². The summed E-state index contributed by atoms with van der Waals surface area (Å²) in [6, 6.07) is -0.878. The van der Waals surface area contributed by atoms with Crippen molar-refractivity contribution < 1.29 is 19.5 Å². The van der Waals surface area contributed by atoms with E-state index in [-0.39, 0.29) is 24.3 Å². The number of hydrogen-bond donors (Lipinski definition) is 2. The largest absolute Gasteiger partial charge is 0.480 e. The summed E-state index contributed by atoms with van der Waals surface area (Å²) in [4.78, 5) is 37.0. The first kappa shape index (κ1) is 16.6. The molecule has 0 aromatic rings. The van der Waals surface area contributed by atoms with Crippen molar-refractivity contribution in [2.75, 3.05) is 0 Å². The molecular formula is C14H24N2O4. The van der Waals surface area contributed by atoms with E-state index in [1.165, 1.54) is 4.90 Å². The van der Waals surface area contributed by atoms with Crippen LogP contribution >= 0.6 is 0 Å². The molecule has 6 nitrogen and oxygen atoms in total. The van der Waals surface area contributed by atoms with E-state index < -0.39 is 17.6 Å². The molecule has 1 rings (SSSR count). The Morgan fingerprint density at radius 1 is 1.40 bits per heavy atom. The Balaban J connectivity index is 2.92. The molecule has 20 heavy (non-hydrogen) atoms. The maximum atomic E-state index is 12.3. The number of nitrogens with one attached hydrogen (secondary N) is 1. The number of carboxylic acids is 1. The fourth-order valence-electron chi connectivity index (χ4n) is 2.56. The molecular weight excluding hydrogens is 260 g/mol. The molecule has 0 aromatic carbocycles. The van der Waals surface area contributed by atoms with E-state index >= 15 is 0 Å². The second-order valence-corrected chi connectivity index (χ2v) is 5.35. The van der Waals surface area contributed by atoms with Gasteiger partial charge in [0.05, 0.1) is 12.5 Å². The lowest BCUT2D eigenvalue weighted by Gasteiger charge is -2.31. The molecule has 1 saturated heterocycles. The van der Waals surface area contributed by atoms with Crippen molar-refractivity contribution in [1.82, 2.24) is 10.2 Å². The van der Waals surface area contributed by atoms with E-state index in [1.54, 1.807) is 13.8 Å². The number of rotatable bonds is 7. The zero-order valence-electron chi connectivity index (χ0n) is 12.6. The maximum Gasteiger partial charge on any atom is 0.323 e. The van der Waals surface area contributed by atoms with Crippen LogP contribution in [0, 0.1) is 0 Å². The van der Waals surface area contributed by atoms with Crippen molar-refractivity contribution in [1.29, 1.82) is 0 Å². The van der Waals surface area contributed by atoms with Gasteiger partial charge in [-0.2, -0.15) is 0 Å². The summed E-state index contributed by atoms with van der Waals surface area (Å²) in [7, 11) is 0. The smallest absolute Gasteiger partial charge is 0.323 e. The van der Waals surface area contributed by atoms with Gasteiger partial charge >= 0.3 is 5.97 Å². The van der Waals surface area contributed by atoms with Gasteiger partial charge in [-0.15, -0.1) is 0 Å². The van der Waals surface area contributed by atoms with Crippen LogP contribution in [0.1, 0.15) is 53.4 Å². The predicted octanol–water partition coefficient (Wildman–Crippen LogP) is 1.15. The third-order valence-corrected chi connectivity index (χ3v) is 4.28. The standard InChI is InChI=1S/C14H24N2O4/c1-5-9(4)16-11(17)8-10(12(16)18)15-14(6-2,7-3)13(19)20/h9-10,15H,5-8H2,1-4H3,(H,19,20). The summed E-state index contributed by atoms with van der Waals surface area (Å²) in [6.45, 7) is 7.25. The van der Waals surface area contributed by atoms with Crippen LogP contribution in [0.15, 0.2) is 0 Å². The average molecular weight is 284 g/mol. The average Bonchev–Trinajstić information content (AvgIpc) is 2.69. The number of aliphatic carboxylic acids is 1. The summed E-state index contributed by atoms with van der Waals surface area (Å²) in [6.07, 6.45) is 1.45. The van der Waals surface area contributed by atoms with Crippen LogP contribution in [0.25, 0.3) is 0 Å². The SMILES string of the molecule is CCC(C)N1C(=O)CC(NC(CC)(CC)C(=O)O)C1=O. The van der Waals surface area contributed by atoms with Crippen molar-refractivity contribution in [2.45, 2.75) is 71.0 Å². The van der Waals surface area contributed by atoms with Gasteiger partial charge in [0.1, 0.15) is 5.54 Å². The van der Waals surface area contributed by atoms with Crippen LogP contribution < -0.4 is 5.32 Å². The van der Waals surface area contributed by atoms with Crippen LogP contribution in [-0.2, 0) is 14.4 Å². The van der Waals surface area contributed by atoms with Crippen molar-refractivity contribution in [3.63, 3.8) is 0 Å². The van der Waals surface area contributed by atoms with Gasteiger partial charge in [-0.1, -0.05) is 20.8 Å². The first-order valence-electron chi connectivity index (χ1n) is 7.19. The molecule has 0 saturated carbocycles. The van der Waals surface area contributed by atoms with E-state index in [9.17, 15) is 19.5 Å². The van der Waals surface area contributed by atoms with Crippen LogP contribution in [-0.4, -0.2) is 45.4 Å². The number of amides is 2. The Morgan fingerprint density at radius 2 is 1.95 bits per heavy atom. The molecule has 0 spiro atoms. The number of hydrogen-bond acceptors (Lipinski definition) is 4. The van der Waals surface area contributed by atoms with Gasteiger partial charge in [0.15, 0.2) is 0 Å². The van der Waals surface area contributed by atoms with Crippen LogP contribution in [0.2, 0.25) is 0 Å². The van der Waals surface area contributed by atoms with Crippen LogP contribution in [0.5, 0.6) is 0 Å². The highest BCUT2D eigenvalue weighted by Gasteiger charge is 2.46. The molecule has 1 heterocycles. The molecule has 2 atom stereocenters. The van der Waals surface area contributed by atoms with Crippen LogP contribution in [0.3, 0.4) is 0 Å². The van der Waals surface area contributed by atoms with Gasteiger partial charge < -0.3 is 5.11 Å².